The summed E-state index contributed by atoms with van der Waals surface area (Å²) in [5.41, 5.74) is 1.09. The molecule has 0 amide bonds. The summed E-state index contributed by atoms with van der Waals surface area (Å²) < 4.78 is 5.01. The van der Waals surface area contributed by atoms with E-state index in [-0.39, 0.29) is 0 Å². The highest BCUT2D eigenvalue weighted by Gasteiger charge is 2.16. The lowest BCUT2D eigenvalue weighted by atomic mass is 10.2. The van der Waals surface area contributed by atoms with Crippen molar-refractivity contribution < 1.29 is 4.74 Å². The molecule has 0 fully saturated rings. The first-order valence-electron chi connectivity index (χ1n) is 6.62. The van der Waals surface area contributed by atoms with E-state index in [1.165, 1.54) is 4.88 Å². The molecule has 0 aliphatic carbocycles. The Morgan fingerprint density at radius 1 is 1.45 bits per heavy atom. The average Bonchev–Trinajstić information content (AvgIpc) is 3.13. The fourth-order valence-corrected chi connectivity index (χ4v) is 3.51. The number of nitrogens with one attached hydrogen (secondary N) is 1. The zero-order valence-electron chi connectivity index (χ0n) is 12.1. The molecule has 2 rings (SSSR count). The highest BCUT2D eigenvalue weighted by Crippen LogP contribution is 2.30. The Morgan fingerprint density at radius 3 is 3.00 bits per heavy atom. The summed E-state index contributed by atoms with van der Waals surface area (Å²) in [6, 6.07) is 4.62. The summed E-state index contributed by atoms with van der Waals surface area (Å²) in [6.45, 7) is 4.59. The number of ether oxygens (including phenoxy) is 1. The van der Waals surface area contributed by atoms with Gasteiger partial charge in [0.05, 0.1) is 18.3 Å². The second-order valence-corrected chi connectivity index (χ2v) is 6.41. The minimum Gasteiger partial charge on any atom is -0.383 e. The fourth-order valence-electron chi connectivity index (χ4n) is 1.82. The second-order valence-electron chi connectivity index (χ2n) is 4.59. The molecule has 2 aromatic heterocycles. The fraction of sp³-hybridized carbons (Fsp3) is 0.500. The minimum absolute atomic E-state index is 0.357. The molecule has 4 nitrogen and oxygen atoms in total. The molecule has 0 spiro atoms. The molecule has 2 aromatic rings. The molecule has 0 aromatic carbocycles. The van der Waals surface area contributed by atoms with E-state index in [0.717, 1.165) is 30.5 Å². The number of thiophene rings is 1. The average molecular weight is 311 g/mol. The monoisotopic (exact) mass is 311 g/mol. The lowest BCUT2D eigenvalue weighted by molar-refractivity contribution is 0.199. The standard InChI is InChI=1S/C14H21N3OS2/c1-11(13-5-4-8-19-13)17(2)14-16-12(10-20-14)9-15-6-7-18-3/h4-5,8,10-11,15H,6-7,9H2,1-3H3. The molecule has 0 saturated carbocycles. The molecule has 110 valence electrons. The summed E-state index contributed by atoms with van der Waals surface area (Å²) in [6.07, 6.45) is 0. The van der Waals surface area contributed by atoms with Crippen LogP contribution in [-0.2, 0) is 11.3 Å². The molecule has 0 aliphatic heterocycles. The van der Waals surface area contributed by atoms with Crippen LogP contribution < -0.4 is 10.2 Å². The number of nitrogens with zero attached hydrogens (tertiary/aromatic N) is 2. The first kappa shape index (κ1) is 15.4. The third-order valence-corrected chi connectivity index (χ3v) is 5.19. The summed E-state index contributed by atoms with van der Waals surface area (Å²) in [7, 11) is 3.81. The van der Waals surface area contributed by atoms with Crippen LogP contribution in [-0.4, -0.2) is 32.3 Å². The molecule has 0 aliphatic rings. The van der Waals surface area contributed by atoms with Crippen LogP contribution in [0.1, 0.15) is 23.5 Å². The van der Waals surface area contributed by atoms with Crippen molar-refractivity contribution in [3.8, 4) is 0 Å². The van der Waals surface area contributed by atoms with Gasteiger partial charge in [-0.25, -0.2) is 4.98 Å². The second kappa shape index (κ2) is 7.73. The van der Waals surface area contributed by atoms with Crippen LogP contribution in [0, 0.1) is 0 Å². The van der Waals surface area contributed by atoms with Crippen molar-refractivity contribution in [1.29, 1.82) is 0 Å². The van der Waals surface area contributed by atoms with E-state index < -0.39 is 0 Å². The molecule has 1 atom stereocenters. The molecule has 0 bridgehead atoms. The Hall–Kier alpha value is -0.950. The smallest absolute Gasteiger partial charge is 0.185 e. The summed E-state index contributed by atoms with van der Waals surface area (Å²) >= 11 is 3.48. The summed E-state index contributed by atoms with van der Waals surface area (Å²) in [5.74, 6) is 0. The Balaban J connectivity index is 1.91. The van der Waals surface area contributed by atoms with Gasteiger partial charge in [-0.2, -0.15) is 0 Å². The van der Waals surface area contributed by atoms with Crippen LogP contribution >= 0.6 is 22.7 Å². The van der Waals surface area contributed by atoms with Crippen LogP contribution in [0.15, 0.2) is 22.9 Å². The molecular weight excluding hydrogens is 290 g/mol. The largest absolute Gasteiger partial charge is 0.383 e. The number of rotatable bonds is 8. The maximum atomic E-state index is 5.01. The van der Waals surface area contributed by atoms with Crippen LogP contribution in [0.3, 0.4) is 0 Å². The number of anilines is 1. The number of hydrogen-bond acceptors (Lipinski definition) is 6. The highest BCUT2D eigenvalue weighted by atomic mass is 32.1. The van der Waals surface area contributed by atoms with Gasteiger partial charge in [0.2, 0.25) is 0 Å². The van der Waals surface area contributed by atoms with E-state index in [4.69, 9.17) is 4.74 Å². The van der Waals surface area contributed by atoms with Crippen molar-refractivity contribution in [2.24, 2.45) is 0 Å². The van der Waals surface area contributed by atoms with Gasteiger partial charge in [-0.1, -0.05) is 6.07 Å². The van der Waals surface area contributed by atoms with Gasteiger partial charge in [0.15, 0.2) is 5.13 Å². The van der Waals surface area contributed by atoms with E-state index >= 15 is 0 Å². The lowest BCUT2D eigenvalue weighted by Gasteiger charge is -2.23. The SMILES string of the molecule is COCCNCc1csc(N(C)C(C)c2cccs2)n1. The van der Waals surface area contributed by atoms with Crippen LogP contribution in [0.2, 0.25) is 0 Å². The molecule has 0 radical (unpaired) electrons. The van der Waals surface area contributed by atoms with Crippen molar-refractivity contribution in [1.82, 2.24) is 10.3 Å². The highest BCUT2D eigenvalue weighted by molar-refractivity contribution is 7.13. The predicted octanol–water partition coefficient (Wildman–Crippen LogP) is 3.14. The number of thiazole rings is 1. The van der Waals surface area contributed by atoms with Gasteiger partial charge in [0.25, 0.3) is 0 Å². The Labute approximate surface area is 128 Å². The van der Waals surface area contributed by atoms with Gasteiger partial charge in [0.1, 0.15) is 0 Å². The zero-order chi connectivity index (χ0) is 14.4. The van der Waals surface area contributed by atoms with Gasteiger partial charge in [-0.3, -0.25) is 0 Å². The van der Waals surface area contributed by atoms with E-state index in [0.29, 0.717) is 6.04 Å². The molecule has 0 saturated heterocycles. The summed E-state index contributed by atoms with van der Waals surface area (Å²) in [5, 5.41) is 8.61. The quantitative estimate of drug-likeness (QED) is 0.760. The number of hydrogen-bond donors (Lipinski definition) is 1. The maximum Gasteiger partial charge on any atom is 0.185 e. The number of methoxy groups -OCH3 is 1. The van der Waals surface area contributed by atoms with E-state index in [2.05, 4.69) is 52.1 Å². The zero-order valence-corrected chi connectivity index (χ0v) is 13.8. The van der Waals surface area contributed by atoms with Crippen LogP contribution in [0.5, 0.6) is 0 Å². The summed E-state index contributed by atoms with van der Waals surface area (Å²) in [4.78, 5) is 8.28. The predicted molar refractivity (Wildman–Crippen MR) is 86.8 cm³/mol. The van der Waals surface area contributed by atoms with E-state index in [1.807, 2.05) is 0 Å². The van der Waals surface area contributed by atoms with E-state index in [1.54, 1.807) is 29.8 Å². The Kier molecular flexibility index (Phi) is 5.97. The van der Waals surface area contributed by atoms with Gasteiger partial charge >= 0.3 is 0 Å². The van der Waals surface area contributed by atoms with Crippen LogP contribution in [0.25, 0.3) is 0 Å². The molecule has 1 unspecified atom stereocenters. The molecule has 1 N–H and O–H groups in total. The molecule has 20 heavy (non-hydrogen) atoms. The Bertz CT molecular complexity index is 498. The van der Waals surface area contributed by atoms with Crippen molar-refractivity contribution in [3.05, 3.63) is 33.5 Å². The van der Waals surface area contributed by atoms with Gasteiger partial charge < -0.3 is 15.0 Å². The van der Waals surface area contributed by atoms with Gasteiger partial charge in [-0.05, 0) is 18.4 Å². The molecule has 2 heterocycles. The number of aromatic nitrogens is 1. The minimum atomic E-state index is 0.357. The van der Waals surface area contributed by atoms with Gasteiger partial charge in [0, 0.05) is 37.5 Å². The topological polar surface area (TPSA) is 37.4 Å². The third-order valence-electron chi connectivity index (χ3n) is 3.17. The Morgan fingerprint density at radius 2 is 2.30 bits per heavy atom. The lowest BCUT2D eigenvalue weighted by Crippen LogP contribution is -2.21. The van der Waals surface area contributed by atoms with Crippen molar-refractivity contribution in [2.75, 3.05) is 32.2 Å². The van der Waals surface area contributed by atoms with Crippen molar-refractivity contribution >= 4 is 27.8 Å². The van der Waals surface area contributed by atoms with E-state index in [9.17, 15) is 0 Å². The van der Waals surface area contributed by atoms with Gasteiger partial charge in [-0.15, -0.1) is 22.7 Å². The molecular formula is C14H21N3OS2. The third kappa shape index (κ3) is 4.02. The normalized spacial score (nSPS) is 12.6. The molecule has 6 heteroatoms. The first-order valence-corrected chi connectivity index (χ1v) is 8.38. The van der Waals surface area contributed by atoms with Crippen LogP contribution in [0.4, 0.5) is 5.13 Å². The maximum absolute atomic E-state index is 5.01. The van der Waals surface area contributed by atoms with Crippen molar-refractivity contribution in [2.45, 2.75) is 19.5 Å². The first-order chi connectivity index (χ1) is 9.72. The van der Waals surface area contributed by atoms with Crippen molar-refractivity contribution in [3.63, 3.8) is 0 Å².